The highest BCUT2D eigenvalue weighted by atomic mass is 16.5. The van der Waals surface area contributed by atoms with E-state index in [2.05, 4.69) is 5.32 Å². The van der Waals surface area contributed by atoms with E-state index in [1.54, 1.807) is 25.3 Å². The number of carbonyl (C=O) groups is 1. The van der Waals surface area contributed by atoms with Gasteiger partial charge in [0.15, 0.2) is 6.61 Å². The van der Waals surface area contributed by atoms with Gasteiger partial charge in [-0.15, -0.1) is 0 Å². The normalized spacial score (nSPS) is 10.2. The predicted octanol–water partition coefficient (Wildman–Crippen LogP) is 2.97. The topological polar surface area (TPSA) is 71.3 Å². The van der Waals surface area contributed by atoms with Gasteiger partial charge in [0.05, 0.1) is 7.11 Å². The van der Waals surface area contributed by atoms with Gasteiger partial charge in [0, 0.05) is 12.6 Å². The number of nitrogens with one attached hydrogen (secondary N) is 1. The molecule has 1 N–H and O–H groups in total. The summed E-state index contributed by atoms with van der Waals surface area (Å²) in [6, 6.07) is 16.8. The van der Waals surface area contributed by atoms with E-state index in [4.69, 9.17) is 14.7 Å². The van der Waals surface area contributed by atoms with Crippen molar-refractivity contribution in [3.63, 3.8) is 0 Å². The van der Waals surface area contributed by atoms with E-state index in [9.17, 15) is 4.79 Å². The number of hydrogen-bond donors (Lipinski definition) is 1. The maximum Gasteiger partial charge on any atom is 0.244 e. The number of methoxy groups -OCH3 is 1. The molecule has 0 aromatic heterocycles. The number of nitriles is 1. The van der Waals surface area contributed by atoms with Crippen molar-refractivity contribution in [3.05, 3.63) is 65.7 Å². The monoisotopic (exact) mass is 336 g/mol. The Morgan fingerprint density at radius 3 is 2.68 bits per heavy atom. The van der Waals surface area contributed by atoms with Gasteiger partial charge in [-0.2, -0.15) is 5.26 Å². The van der Waals surface area contributed by atoms with E-state index in [1.165, 1.54) is 6.08 Å². The van der Waals surface area contributed by atoms with Crippen LogP contribution < -0.4 is 14.8 Å². The average Bonchev–Trinajstić information content (AvgIpc) is 2.66. The van der Waals surface area contributed by atoms with Gasteiger partial charge in [-0.3, -0.25) is 4.79 Å². The largest absolute Gasteiger partial charge is 0.496 e. The smallest absolute Gasteiger partial charge is 0.244 e. The predicted molar refractivity (Wildman–Crippen MR) is 96.3 cm³/mol. The first-order valence-corrected chi connectivity index (χ1v) is 7.90. The Labute approximate surface area is 147 Å². The van der Waals surface area contributed by atoms with Crippen LogP contribution in [0, 0.1) is 11.3 Å². The molecule has 0 aliphatic rings. The molecule has 0 saturated heterocycles. The van der Waals surface area contributed by atoms with E-state index < -0.39 is 0 Å². The maximum atomic E-state index is 11.9. The Morgan fingerprint density at radius 1 is 1.20 bits per heavy atom. The van der Waals surface area contributed by atoms with Crippen molar-refractivity contribution in [2.75, 3.05) is 20.3 Å². The number of nitrogens with zero attached hydrogens (tertiary/aromatic N) is 1. The molecule has 1 amide bonds. The molecule has 2 aromatic rings. The molecule has 25 heavy (non-hydrogen) atoms. The molecular formula is C20H20N2O3. The Hall–Kier alpha value is -3.26. The highest BCUT2D eigenvalue weighted by Gasteiger charge is 2.02. The Morgan fingerprint density at radius 2 is 1.96 bits per heavy atom. The van der Waals surface area contributed by atoms with Gasteiger partial charge in [-0.1, -0.05) is 30.3 Å². The van der Waals surface area contributed by atoms with Crippen LogP contribution in [0.4, 0.5) is 0 Å². The second-order valence-electron chi connectivity index (χ2n) is 5.20. The molecular weight excluding hydrogens is 316 g/mol. The summed E-state index contributed by atoms with van der Waals surface area (Å²) < 4.78 is 10.5. The lowest BCUT2D eigenvalue weighted by atomic mass is 10.1. The van der Waals surface area contributed by atoms with Crippen LogP contribution in [0.15, 0.2) is 54.6 Å². The molecule has 0 saturated carbocycles. The fourth-order valence-electron chi connectivity index (χ4n) is 2.25. The van der Waals surface area contributed by atoms with Gasteiger partial charge >= 0.3 is 0 Å². The van der Waals surface area contributed by atoms with E-state index >= 15 is 0 Å². The molecule has 128 valence electrons. The van der Waals surface area contributed by atoms with Crippen molar-refractivity contribution in [1.29, 1.82) is 5.26 Å². The third-order valence-corrected chi connectivity index (χ3v) is 3.50. The fraction of sp³-hybridized carbons (Fsp3) is 0.200. The van der Waals surface area contributed by atoms with Crippen LogP contribution in [-0.2, 0) is 11.2 Å². The van der Waals surface area contributed by atoms with Crippen LogP contribution in [0.25, 0.3) is 6.08 Å². The number of para-hydroxylation sites is 1. The van der Waals surface area contributed by atoms with Crippen molar-refractivity contribution in [1.82, 2.24) is 5.32 Å². The van der Waals surface area contributed by atoms with Crippen LogP contribution in [0.3, 0.4) is 0 Å². The van der Waals surface area contributed by atoms with Crippen molar-refractivity contribution < 1.29 is 14.3 Å². The van der Waals surface area contributed by atoms with Crippen LogP contribution in [0.2, 0.25) is 0 Å². The maximum absolute atomic E-state index is 11.9. The lowest BCUT2D eigenvalue weighted by Crippen LogP contribution is -2.23. The third-order valence-electron chi connectivity index (χ3n) is 3.50. The summed E-state index contributed by atoms with van der Waals surface area (Å²) in [5.74, 6) is 1.30. The number of hydrogen-bond acceptors (Lipinski definition) is 4. The highest BCUT2D eigenvalue weighted by molar-refractivity contribution is 5.91. The molecule has 0 radical (unpaired) electrons. The molecule has 0 spiro atoms. The Bertz CT molecular complexity index is 761. The molecule has 0 unspecified atom stereocenters. The molecule has 0 bridgehead atoms. The van der Waals surface area contributed by atoms with Crippen molar-refractivity contribution in [2.24, 2.45) is 0 Å². The zero-order valence-corrected chi connectivity index (χ0v) is 14.1. The van der Waals surface area contributed by atoms with Gasteiger partial charge in [-0.25, -0.2) is 0 Å². The molecule has 2 rings (SSSR count). The molecule has 0 heterocycles. The molecule has 0 fully saturated rings. The van der Waals surface area contributed by atoms with Crippen LogP contribution in [0.1, 0.15) is 11.1 Å². The SMILES string of the molecule is COc1ccccc1CCNC(=O)C=Cc1ccc(OCC#N)cc1. The van der Waals surface area contributed by atoms with E-state index in [0.717, 1.165) is 16.9 Å². The zero-order chi connectivity index (χ0) is 17.9. The minimum Gasteiger partial charge on any atom is -0.496 e. The summed E-state index contributed by atoms with van der Waals surface area (Å²) in [5, 5.41) is 11.3. The minimum atomic E-state index is -0.153. The quantitative estimate of drug-likeness (QED) is 0.752. The third kappa shape index (κ3) is 6.04. The number of carbonyl (C=O) groups excluding carboxylic acids is 1. The molecule has 2 aromatic carbocycles. The van der Waals surface area contributed by atoms with Crippen molar-refractivity contribution in [2.45, 2.75) is 6.42 Å². The molecule has 5 heteroatoms. The number of benzene rings is 2. The molecule has 5 nitrogen and oxygen atoms in total. The minimum absolute atomic E-state index is 0.0177. The van der Waals surface area contributed by atoms with Crippen LogP contribution >= 0.6 is 0 Å². The lowest BCUT2D eigenvalue weighted by molar-refractivity contribution is -0.116. The van der Waals surface area contributed by atoms with Gasteiger partial charge in [0.25, 0.3) is 0 Å². The average molecular weight is 336 g/mol. The number of amides is 1. The Kier molecular flexibility index (Phi) is 7.08. The lowest BCUT2D eigenvalue weighted by Gasteiger charge is -2.08. The van der Waals surface area contributed by atoms with Gasteiger partial charge in [0.2, 0.25) is 5.91 Å². The van der Waals surface area contributed by atoms with Crippen LogP contribution in [-0.4, -0.2) is 26.2 Å². The summed E-state index contributed by atoms with van der Waals surface area (Å²) in [5.41, 5.74) is 1.94. The Balaban J connectivity index is 1.79. The summed E-state index contributed by atoms with van der Waals surface area (Å²) in [6.07, 6.45) is 3.92. The first-order chi connectivity index (χ1) is 12.2. The van der Waals surface area contributed by atoms with Gasteiger partial charge < -0.3 is 14.8 Å². The second kappa shape index (κ2) is 9.78. The molecule has 0 aliphatic heterocycles. The van der Waals surface area contributed by atoms with Gasteiger partial charge in [-0.05, 0) is 41.8 Å². The number of rotatable bonds is 8. The van der Waals surface area contributed by atoms with E-state index in [-0.39, 0.29) is 12.5 Å². The summed E-state index contributed by atoms with van der Waals surface area (Å²) in [7, 11) is 1.64. The van der Waals surface area contributed by atoms with Gasteiger partial charge in [0.1, 0.15) is 17.6 Å². The van der Waals surface area contributed by atoms with Crippen LogP contribution in [0.5, 0.6) is 11.5 Å². The first-order valence-electron chi connectivity index (χ1n) is 7.90. The molecule has 0 atom stereocenters. The number of ether oxygens (including phenoxy) is 2. The zero-order valence-electron chi connectivity index (χ0n) is 14.1. The standard InChI is InChI=1S/C20H20N2O3/c1-24-19-5-3-2-4-17(19)12-14-22-20(23)11-8-16-6-9-18(10-7-16)25-15-13-21/h2-11H,12,14-15H2,1H3,(H,22,23). The fourth-order valence-corrected chi connectivity index (χ4v) is 2.25. The first kappa shape index (κ1) is 18.1. The van der Waals surface area contributed by atoms with Crippen molar-refractivity contribution >= 4 is 12.0 Å². The van der Waals surface area contributed by atoms with Crippen molar-refractivity contribution in [3.8, 4) is 17.6 Å². The summed E-state index contributed by atoms with van der Waals surface area (Å²) in [4.78, 5) is 11.9. The second-order valence-corrected chi connectivity index (χ2v) is 5.20. The summed E-state index contributed by atoms with van der Waals surface area (Å²) in [6.45, 7) is 0.550. The van der Waals surface area contributed by atoms with E-state index in [1.807, 2.05) is 42.5 Å². The molecule has 0 aliphatic carbocycles. The summed E-state index contributed by atoms with van der Waals surface area (Å²) >= 11 is 0. The highest BCUT2D eigenvalue weighted by Crippen LogP contribution is 2.17. The van der Waals surface area contributed by atoms with E-state index in [0.29, 0.717) is 18.7 Å².